The molecule has 3 saturated carbocycles. The lowest BCUT2D eigenvalue weighted by Crippen LogP contribution is -2.75. The molecule has 0 radical (unpaired) electrons. The largest absolute Gasteiger partial charge is 0.464 e. The zero-order chi connectivity index (χ0) is 48.9. The smallest absolute Gasteiger partial charge is 0.328 e. The number of hydrazine groups is 1. The summed E-state index contributed by atoms with van der Waals surface area (Å²) < 4.78 is 54.8. The second kappa shape index (κ2) is 18.1. The standard InChI is InChI=1S/C51H64F2N8O8S/c1-28-32-20-51(21-32,69-28)47(64)56-42-44(67-25-40(52)53)45-55-38(26-70-45)31-6-9-39-35(16-31)37(22-49(3,4)27-68-48(65)50-18-30(19-50)24-61(57-50)46(42)63)43(60(39)14-15-62)36-17-34(23-54-41(36)29(2)66-5)59-12-10-58(11-13-59)33-7-8-33/h6,9,16-17,23,26,28-30,32-33,40,42,44,57,62H,7-8,10-15,18-22,24-25,27H2,1-5H3,(H,56,64)/t28?,29-,30?,32?,42-,44-,50?,51?/m0/s1. The maximum Gasteiger partial charge on any atom is 0.328 e. The van der Waals surface area contributed by atoms with Crippen molar-refractivity contribution < 1.29 is 47.2 Å². The highest BCUT2D eigenvalue weighted by atomic mass is 32.1. The molecule has 1 unspecified atom stereocenters. The number of carbonyl (C=O) groups is 3. The van der Waals surface area contributed by atoms with Gasteiger partial charge >= 0.3 is 5.97 Å². The molecule has 3 N–H and O–H groups in total. The minimum Gasteiger partial charge on any atom is -0.464 e. The van der Waals surface area contributed by atoms with Gasteiger partial charge in [0.15, 0.2) is 0 Å². The third kappa shape index (κ3) is 8.49. The lowest BCUT2D eigenvalue weighted by Gasteiger charge is -2.55. The molecule has 16 nitrogen and oxygen atoms in total. The van der Waals surface area contributed by atoms with Crippen LogP contribution in [0.15, 0.2) is 35.8 Å². The molecule has 19 heteroatoms. The number of ether oxygens (including phenoxy) is 4. The van der Waals surface area contributed by atoms with Crippen molar-refractivity contribution in [2.75, 3.05) is 64.6 Å². The molecule has 3 aliphatic carbocycles. The summed E-state index contributed by atoms with van der Waals surface area (Å²) in [4.78, 5) is 58.7. The molecule has 376 valence electrons. The number of methoxy groups -OCH3 is 1. The summed E-state index contributed by atoms with van der Waals surface area (Å²) in [5, 5.41) is 17.9. The molecule has 4 aromatic rings. The van der Waals surface area contributed by atoms with Crippen molar-refractivity contribution >= 4 is 45.7 Å². The number of piperazine rings is 1. The van der Waals surface area contributed by atoms with Crippen LogP contribution in [0.2, 0.25) is 0 Å². The van der Waals surface area contributed by atoms with Crippen molar-refractivity contribution in [2.45, 2.75) is 127 Å². The first-order chi connectivity index (χ1) is 33.6. The van der Waals surface area contributed by atoms with E-state index in [4.69, 9.17) is 28.9 Å². The number of amides is 2. The summed E-state index contributed by atoms with van der Waals surface area (Å²) in [6.07, 6.45) is 1.92. The van der Waals surface area contributed by atoms with Gasteiger partial charge in [-0.1, -0.05) is 19.9 Å². The predicted molar refractivity (Wildman–Crippen MR) is 257 cm³/mol. The Morgan fingerprint density at radius 1 is 1.10 bits per heavy atom. The number of esters is 1. The number of alkyl halides is 2. The molecule has 4 atom stereocenters. The molecule has 1 aromatic carbocycles. The summed E-state index contributed by atoms with van der Waals surface area (Å²) in [6, 6.07) is 7.39. The van der Waals surface area contributed by atoms with Gasteiger partial charge < -0.3 is 38.8 Å². The zero-order valence-corrected chi connectivity index (χ0v) is 41.4. The van der Waals surface area contributed by atoms with Crippen LogP contribution >= 0.6 is 11.3 Å². The van der Waals surface area contributed by atoms with Gasteiger partial charge in [-0.15, -0.1) is 11.3 Å². The number of anilines is 1. The number of aliphatic hydroxyl groups is 1. The first kappa shape index (κ1) is 47.7. The Morgan fingerprint density at radius 2 is 1.87 bits per heavy atom. The maximum absolute atomic E-state index is 14.9. The molecular formula is C51H64F2N8O8S. The third-order valence-corrected chi connectivity index (χ3v) is 17.0. The Morgan fingerprint density at radius 3 is 2.56 bits per heavy atom. The van der Waals surface area contributed by atoms with Crippen molar-refractivity contribution in [3.05, 3.63) is 52.1 Å². The number of cyclic esters (lactones) is 1. The molecule has 3 aromatic heterocycles. The molecule has 9 bridgehead atoms. The number of fused-ring (bicyclic) bond motifs is 5. The molecular weight excluding hydrogens is 923 g/mol. The van der Waals surface area contributed by atoms with Gasteiger partial charge in [0.2, 0.25) is 0 Å². The molecule has 6 aliphatic heterocycles. The van der Waals surface area contributed by atoms with Crippen LogP contribution in [-0.4, -0.2) is 143 Å². The van der Waals surface area contributed by atoms with E-state index in [2.05, 4.69) is 51.1 Å². The number of thiazole rings is 1. The summed E-state index contributed by atoms with van der Waals surface area (Å²) >= 11 is 1.15. The fourth-order valence-corrected chi connectivity index (χ4v) is 13.0. The monoisotopic (exact) mass is 986 g/mol. The highest BCUT2D eigenvalue weighted by Gasteiger charge is 2.62. The van der Waals surface area contributed by atoms with Gasteiger partial charge in [-0.25, -0.2) is 24.0 Å². The minimum absolute atomic E-state index is 0.0454. The summed E-state index contributed by atoms with van der Waals surface area (Å²) in [6.45, 7) is 11.1. The number of carbonyl (C=O) groups excluding carboxylic acids is 3. The normalized spacial score (nSPS) is 30.2. The second-order valence-corrected chi connectivity index (χ2v) is 22.6. The van der Waals surface area contributed by atoms with Crippen LogP contribution in [0.5, 0.6) is 0 Å². The Balaban J connectivity index is 1.05. The first-order valence-electron chi connectivity index (χ1n) is 25.0. The minimum atomic E-state index is -2.88. The SMILES string of the molecule is CO[C@@H](C)c1ncc(N2CCN(C3CC3)CC2)cc1-c1c2c3cc(ccc3n1CCO)-c1csc(n1)[C@@H](OCC(F)F)[C@H](NC(=O)C13CC(C1)C(C)O3)C(=O)N1CC3CC(C3)(N1)C(=O)OCC(C)(C)C2. The van der Waals surface area contributed by atoms with Gasteiger partial charge in [-0.2, -0.15) is 0 Å². The van der Waals surface area contributed by atoms with Crippen LogP contribution in [0.25, 0.3) is 33.4 Å². The summed E-state index contributed by atoms with van der Waals surface area (Å²) in [5.74, 6) is -1.51. The van der Waals surface area contributed by atoms with E-state index in [1.807, 2.05) is 37.6 Å². The lowest BCUT2D eigenvalue weighted by atomic mass is 9.66. The van der Waals surface area contributed by atoms with Gasteiger partial charge in [0.05, 0.1) is 54.4 Å². The third-order valence-electron chi connectivity index (χ3n) is 16.1. The summed E-state index contributed by atoms with van der Waals surface area (Å²) in [7, 11) is 1.67. The number of aliphatic hydroxyl groups excluding tert-OH is 1. The van der Waals surface area contributed by atoms with E-state index in [1.165, 1.54) is 17.9 Å². The molecule has 2 amide bonds. The lowest BCUT2D eigenvalue weighted by molar-refractivity contribution is -0.181. The maximum atomic E-state index is 14.9. The van der Waals surface area contributed by atoms with Crippen LogP contribution < -0.4 is 15.6 Å². The summed E-state index contributed by atoms with van der Waals surface area (Å²) in [5.41, 5.74) is 6.76. The number of benzene rings is 1. The number of aromatic nitrogens is 3. The van der Waals surface area contributed by atoms with Gasteiger partial charge in [0, 0.05) is 85.2 Å². The van der Waals surface area contributed by atoms with Crippen molar-refractivity contribution in [3.63, 3.8) is 0 Å². The number of nitrogens with zero attached hydrogens (tertiary/aromatic N) is 6. The molecule has 5 saturated heterocycles. The molecule has 8 fully saturated rings. The van der Waals surface area contributed by atoms with Crippen molar-refractivity contribution in [1.82, 2.24) is 35.2 Å². The van der Waals surface area contributed by atoms with E-state index < -0.39 is 59.5 Å². The number of nitrogens with one attached hydrogen (secondary N) is 2. The molecule has 13 rings (SSSR count). The van der Waals surface area contributed by atoms with Crippen molar-refractivity contribution in [3.8, 4) is 22.5 Å². The Labute approximate surface area is 410 Å². The van der Waals surface area contributed by atoms with Crippen LogP contribution in [0, 0.1) is 17.3 Å². The van der Waals surface area contributed by atoms with Gasteiger partial charge in [-0.3, -0.25) is 24.5 Å². The van der Waals surface area contributed by atoms with Crippen LogP contribution in [0.4, 0.5) is 14.5 Å². The van der Waals surface area contributed by atoms with Crippen molar-refractivity contribution in [2.24, 2.45) is 17.3 Å². The topological polar surface area (TPSA) is 173 Å². The number of hydrogen-bond donors (Lipinski definition) is 3. The van der Waals surface area contributed by atoms with E-state index in [9.17, 15) is 28.3 Å². The Bertz CT molecular complexity index is 2670. The zero-order valence-electron chi connectivity index (χ0n) is 40.5. The number of hydrogen-bond acceptors (Lipinski definition) is 14. The van der Waals surface area contributed by atoms with Gasteiger partial charge in [0.25, 0.3) is 18.2 Å². The molecule has 9 heterocycles. The molecule has 9 aliphatic rings. The quantitative estimate of drug-likeness (QED) is 0.146. The average Bonchev–Trinajstić information content (AvgIpc) is 3.69. The molecule has 1 spiro atoms. The fourth-order valence-electron chi connectivity index (χ4n) is 12.1. The number of pyridine rings is 1. The van der Waals surface area contributed by atoms with Crippen molar-refractivity contribution in [1.29, 1.82) is 0 Å². The number of rotatable bonds is 12. The first-order valence-corrected chi connectivity index (χ1v) is 25.8. The Kier molecular flexibility index (Phi) is 12.4. The molecule has 70 heavy (non-hydrogen) atoms. The van der Waals surface area contributed by atoms with E-state index in [-0.39, 0.29) is 55.4 Å². The Hall–Kier alpha value is -4.63. The number of halogens is 2. The van der Waals surface area contributed by atoms with Gasteiger partial charge in [0.1, 0.15) is 34.9 Å². The van der Waals surface area contributed by atoms with Crippen LogP contribution in [0.1, 0.15) is 94.7 Å². The van der Waals surface area contributed by atoms with Crippen LogP contribution in [-0.2, 0) is 46.3 Å². The van der Waals surface area contributed by atoms with Gasteiger partial charge in [-0.05, 0) is 94.4 Å². The second-order valence-electron chi connectivity index (χ2n) is 21.7. The predicted octanol–water partition coefficient (Wildman–Crippen LogP) is 5.81. The van der Waals surface area contributed by atoms with E-state index in [1.54, 1.807) is 7.11 Å². The fraction of sp³-hybridized carbons (Fsp3) is 0.627. The highest BCUT2D eigenvalue weighted by molar-refractivity contribution is 7.10. The average molecular weight is 987 g/mol. The van der Waals surface area contributed by atoms with E-state index in [0.717, 1.165) is 76.6 Å². The highest BCUT2D eigenvalue weighted by Crippen LogP contribution is 2.53. The van der Waals surface area contributed by atoms with E-state index >= 15 is 0 Å². The van der Waals surface area contributed by atoms with E-state index in [0.29, 0.717) is 49.4 Å². The van der Waals surface area contributed by atoms with Crippen LogP contribution in [0.3, 0.4) is 0 Å².